The Labute approximate surface area is 152 Å². The molecule has 0 unspecified atom stereocenters. The highest BCUT2D eigenvalue weighted by molar-refractivity contribution is 9.10. The number of rotatable bonds is 4. The van der Waals surface area contributed by atoms with E-state index in [9.17, 15) is 10.4 Å². The molecule has 0 aliphatic rings. The van der Waals surface area contributed by atoms with Gasteiger partial charge in [-0.1, -0.05) is 34.1 Å². The molecule has 120 valence electrons. The van der Waals surface area contributed by atoms with Crippen LogP contribution < -0.4 is 0 Å². The average Bonchev–Trinajstić information content (AvgIpc) is 2.91. The zero-order chi connectivity index (χ0) is 17.1. The molecule has 0 bridgehead atoms. The van der Waals surface area contributed by atoms with E-state index < -0.39 is 0 Å². The number of para-hydroxylation sites is 2. The van der Waals surface area contributed by atoms with Gasteiger partial charge >= 0.3 is 0 Å². The highest BCUT2D eigenvalue weighted by Gasteiger charge is 2.16. The van der Waals surface area contributed by atoms with Crippen LogP contribution in [0.4, 0.5) is 0 Å². The van der Waals surface area contributed by atoms with Crippen LogP contribution in [-0.2, 0) is 7.05 Å². The average molecular weight is 400 g/mol. The number of fused-ring (bicyclic) bond motifs is 1. The van der Waals surface area contributed by atoms with Crippen molar-refractivity contribution >= 4 is 44.3 Å². The van der Waals surface area contributed by atoms with E-state index in [1.807, 2.05) is 60.1 Å². The van der Waals surface area contributed by atoms with Gasteiger partial charge in [-0.2, -0.15) is 5.26 Å². The Morgan fingerprint density at radius 1 is 1.29 bits per heavy atom. The fourth-order valence-corrected chi connectivity index (χ4v) is 3.78. The maximum Gasteiger partial charge on any atom is 0.155 e. The van der Waals surface area contributed by atoms with E-state index in [1.165, 1.54) is 11.8 Å². The van der Waals surface area contributed by atoms with E-state index in [1.54, 1.807) is 0 Å². The van der Waals surface area contributed by atoms with Crippen molar-refractivity contribution in [3.05, 3.63) is 64.6 Å². The first kappa shape index (κ1) is 16.6. The minimum absolute atomic E-state index is 0.0286. The van der Waals surface area contributed by atoms with E-state index in [-0.39, 0.29) is 11.3 Å². The van der Waals surface area contributed by atoms with Gasteiger partial charge in [0, 0.05) is 16.4 Å². The Bertz CT molecular complexity index is 972. The van der Waals surface area contributed by atoms with Gasteiger partial charge in [-0.15, -0.1) is 11.8 Å². The number of nitrogens with zero attached hydrogens (tertiary/aromatic N) is 3. The number of hydrogen-bond acceptors (Lipinski definition) is 4. The lowest BCUT2D eigenvalue weighted by Crippen LogP contribution is -2.00. The zero-order valence-electron chi connectivity index (χ0n) is 12.9. The van der Waals surface area contributed by atoms with Gasteiger partial charge in [-0.3, -0.25) is 0 Å². The molecule has 0 radical (unpaired) electrons. The van der Waals surface area contributed by atoms with Crippen LogP contribution in [0.3, 0.4) is 0 Å². The number of aliphatic hydroxyl groups excluding tert-OH is 1. The quantitative estimate of drug-likeness (QED) is 0.384. The Hall–Kier alpha value is -2.23. The molecule has 0 aliphatic heterocycles. The molecule has 24 heavy (non-hydrogen) atoms. The molecule has 0 spiro atoms. The van der Waals surface area contributed by atoms with Crippen LogP contribution in [0.1, 0.15) is 5.82 Å². The molecule has 1 aromatic heterocycles. The SMILES string of the molecule is Cn1c(/C(C#N)=C(/O)CSc2cccc(Br)c2)nc2ccccc21. The number of nitriles is 1. The van der Waals surface area contributed by atoms with E-state index in [4.69, 9.17) is 0 Å². The number of hydrogen-bond donors (Lipinski definition) is 1. The minimum atomic E-state index is 0.0286. The van der Waals surface area contributed by atoms with Gasteiger partial charge in [0.25, 0.3) is 0 Å². The van der Waals surface area contributed by atoms with Crippen molar-refractivity contribution in [2.75, 3.05) is 5.75 Å². The molecule has 0 aliphatic carbocycles. The summed E-state index contributed by atoms with van der Waals surface area (Å²) in [5.74, 6) is 0.814. The van der Waals surface area contributed by atoms with Crippen molar-refractivity contribution < 1.29 is 5.11 Å². The number of aromatic nitrogens is 2. The summed E-state index contributed by atoms with van der Waals surface area (Å²) in [6.07, 6.45) is 0. The first-order valence-electron chi connectivity index (χ1n) is 7.22. The lowest BCUT2D eigenvalue weighted by atomic mass is 10.2. The largest absolute Gasteiger partial charge is 0.510 e. The predicted octanol–water partition coefficient (Wildman–Crippen LogP) is 4.92. The van der Waals surface area contributed by atoms with Gasteiger partial charge < -0.3 is 9.67 Å². The molecule has 0 amide bonds. The second-order valence-corrected chi connectivity index (χ2v) is 7.13. The summed E-state index contributed by atoms with van der Waals surface area (Å²) >= 11 is 4.89. The minimum Gasteiger partial charge on any atom is -0.510 e. The lowest BCUT2D eigenvalue weighted by molar-refractivity contribution is 0.420. The Balaban J connectivity index is 1.92. The molecule has 1 N–H and O–H groups in total. The van der Waals surface area contributed by atoms with Crippen molar-refractivity contribution in [3.8, 4) is 6.07 Å². The molecule has 0 saturated carbocycles. The van der Waals surface area contributed by atoms with Crippen LogP contribution in [-0.4, -0.2) is 20.4 Å². The van der Waals surface area contributed by atoms with E-state index >= 15 is 0 Å². The van der Waals surface area contributed by atoms with Crippen molar-refractivity contribution in [3.63, 3.8) is 0 Å². The third-order valence-corrected chi connectivity index (χ3v) is 5.08. The predicted molar refractivity (Wildman–Crippen MR) is 101 cm³/mol. The van der Waals surface area contributed by atoms with Gasteiger partial charge in [0.2, 0.25) is 0 Å². The molecular formula is C18H14BrN3OS. The van der Waals surface area contributed by atoms with Crippen LogP contribution in [0.5, 0.6) is 0 Å². The molecule has 0 fully saturated rings. The van der Waals surface area contributed by atoms with Crippen molar-refractivity contribution in [2.24, 2.45) is 7.05 Å². The Morgan fingerprint density at radius 3 is 2.79 bits per heavy atom. The molecule has 0 atom stereocenters. The molecule has 6 heteroatoms. The van der Waals surface area contributed by atoms with Crippen LogP contribution in [0.15, 0.2) is 63.7 Å². The second kappa shape index (κ2) is 7.12. The number of aryl methyl sites for hydroxylation is 1. The highest BCUT2D eigenvalue weighted by atomic mass is 79.9. The summed E-state index contributed by atoms with van der Waals surface area (Å²) in [5.41, 5.74) is 1.93. The Kier molecular flexibility index (Phi) is 4.93. The van der Waals surface area contributed by atoms with Crippen molar-refractivity contribution in [1.82, 2.24) is 9.55 Å². The summed E-state index contributed by atoms with van der Waals surface area (Å²) < 4.78 is 2.81. The fraction of sp³-hybridized carbons (Fsp3) is 0.111. The van der Waals surface area contributed by atoms with E-state index in [0.29, 0.717) is 11.6 Å². The maximum atomic E-state index is 10.4. The normalized spacial score (nSPS) is 12.0. The van der Waals surface area contributed by atoms with Crippen LogP contribution in [0.2, 0.25) is 0 Å². The van der Waals surface area contributed by atoms with Crippen LogP contribution in [0, 0.1) is 11.3 Å². The number of aliphatic hydroxyl groups is 1. The number of thioether (sulfide) groups is 1. The second-order valence-electron chi connectivity index (χ2n) is 5.16. The standard InChI is InChI=1S/C18H14BrN3OS/c1-22-16-8-3-2-7-15(16)21-18(22)14(10-20)17(23)11-24-13-6-4-5-12(19)9-13/h2-9,23H,11H2,1H3/b17-14+. The van der Waals surface area contributed by atoms with Gasteiger partial charge in [-0.05, 0) is 30.3 Å². The van der Waals surface area contributed by atoms with Gasteiger partial charge in [0.05, 0.1) is 16.8 Å². The summed E-state index contributed by atoms with van der Waals surface area (Å²) in [5, 5.41) is 19.9. The van der Waals surface area contributed by atoms with Crippen LogP contribution in [0.25, 0.3) is 16.6 Å². The molecule has 4 nitrogen and oxygen atoms in total. The molecular weight excluding hydrogens is 386 g/mol. The first-order chi connectivity index (χ1) is 11.6. The molecule has 3 aromatic rings. The number of halogens is 1. The van der Waals surface area contributed by atoms with E-state index in [2.05, 4.69) is 27.0 Å². The zero-order valence-corrected chi connectivity index (χ0v) is 15.3. The van der Waals surface area contributed by atoms with E-state index in [0.717, 1.165) is 20.4 Å². The van der Waals surface area contributed by atoms with Gasteiger partial charge in [0.1, 0.15) is 17.4 Å². The smallest absolute Gasteiger partial charge is 0.155 e. The number of allylic oxidation sites excluding steroid dienone is 1. The van der Waals surface area contributed by atoms with Crippen LogP contribution >= 0.6 is 27.7 Å². The van der Waals surface area contributed by atoms with Gasteiger partial charge in [0.15, 0.2) is 5.82 Å². The molecule has 0 saturated heterocycles. The number of benzene rings is 2. The lowest BCUT2D eigenvalue weighted by Gasteiger charge is -2.06. The summed E-state index contributed by atoms with van der Waals surface area (Å²) in [6, 6.07) is 17.6. The topological polar surface area (TPSA) is 61.8 Å². The summed E-state index contributed by atoms with van der Waals surface area (Å²) in [7, 11) is 1.84. The molecule has 2 aromatic carbocycles. The third kappa shape index (κ3) is 3.32. The maximum absolute atomic E-state index is 10.4. The highest BCUT2D eigenvalue weighted by Crippen LogP contribution is 2.27. The fourth-order valence-electron chi connectivity index (χ4n) is 2.39. The van der Waals surface area contributed by atoms with Crippen molar-refractivity contribution in [2.45, 2.75) is 4.90 Å². The first-order valence-corrected chi connectivity index (χ1v) is 9.00. The van der Waals surface area contributed by atoms with Crippen molar-refractivity contribution in [1.29, 1.82) is 5.26 Å². The summed E-state index contributed by atoms with van der Waals surface area (Å²) in [6.45, 7) is 0. The third-order valence-electron chi connectivity index (χ3n) is 3.58. The molecule has 3 rings (SSSR count). The molecule has 1 heterocycles. The van der Waals surface area contributed by atoms with Gasteiger partial charge in [-0.25, -0.2) is 4.98 Å². The Morgan fingerprint density at radius 2 is 2.08 bits per heavy atom. The summed E-state index contributed by atoms with van der Waals surface area (Å²) in [4.78, 5) is 5.49. The monoisotopic (exact) mass is 399 g/mol. The number of imidazole rings is 1.